The number of amides is 2. The van der Waals surface area contributed by atoms with Crippen LogP contribution in [0, 0.1) is 0 Å². The minimum atomic E-state index is -0.537. The predicted octanol–water partition coefficient (Wildman–Crippen LogP) is 1.30. The first-order valence-corrected chi connectivity index (χ1v) is 9.11. The highest BCUT2D eigenvalue weighted by Crippen LogP contribution is 2.27. The van der Waals surface area contributed by atoms with E-state index in [2.05, 4.69) is 10.6 Å². The van der Waals surface area contributed by atoms with Crippen LogP contribution in [0.3, 0.4) is 0 Å². The third-order valence-electron chi connectivity index (χ3n) is 4.76. The molecule has 0 bridgehead atoms. The number of hydrogen-bond donors (Lipinski definition) is 2. The van der Waals surface area contributed by atoms with Gasteiger partial charge in [0.05, 0.1) is 39.2 Å². The predicted molar refractivity (Wildman–Crippen MR) is 102 cm³/mol. The van der Waals surface area contributed by atoms with Crippen LogP contribution in [0.5, 0.6) is 11.5 Å². The molecule has 3 rings (SSSR count). The number of furan rings is 1. The van der Waals surface area contributed by atoms with Crippen molar-refractivity contribution >= 4 is 11.8 Å². The highest BCUT2D eigenvalue weighted by Gasteiger charge is 2.32. The van der Waals surface area contributed by atoms with Crippen molar-refractivity contribution in [2.75, 3.05) is 27.3 Å². The smallest absolute Gasteiger partial charge is 0.237 e. The summed E-state index contributed by atoms with van der Waals surface area (Å²) in [6.07, 6.45) is 3.22. The van der Waals surface area contributed by atoms with Crippen molar-refractivity contribution in [3.8, 4) is 11.5 Å². The summed E-state index contributed by atoms with van der Waals surface area (Å²) in [6, 6.07) is 6.83. The molecule has 1 aliphatic rings. The van der Waals surface area contributed by atoms with Gasteiger partial charge in [0, 0.05) is 43.4 Å². The fourth-order valence-corrected chi connectivity index (χ4v) is 3.22. The maximum atomic E-state index is 12.4. The lowest BCUT2D eigenvalue weighted by molar-refractivity contribution is -0.134. The Bertz CT molecular complexity index is 806. The van der Waals surface area contributed by atoms with Gasteiger partial charge in [-0.15, -0.1) is 0 Å². The van der Waals surface area contributed by atoms with E-state index in [1.165, 1.54) is 0 Å². The number of nitrogens with one attached hydrogen (secondary N) is 2. The zero-order valence-corrected chi connectivity index (χ0v) is 16.1. The summed E-state index contributed by atoms with van der Waals surface area (Å²) in [7, 11) is 3.20. The van der Waals surface area contributed by atoms with Gasteiger partial charge in [-0.25, -0.2) is 0 Å². The van der Waals surface area contributed by atoms with E-state index >= 15 is 0 Å². The van der Waals surface area contributed by atoms with Gasteiger partial charge in [0.2, 0.25) is 11.8 Å². The number of piperazine rings is 1. The molecule has 1 aliphatic heterocycles. The quantitative estimate of drug-likeness (QED) is 0.709. The molecule has 0 saturated carbocycles. The van der Waals surface area contributed by atoms with Crippen molar-refractivity contribution in [1.82, 2.24) is 15.5 Å². The van der Waals surface area contributed by atoms with Crippen LogP contribution in [0.2, 0.25) is 0 Å². The Labute approximate surface area is 163 Å². The molecule has 2 amide bonds. The standard InChI is InChI=1S/C20H25N3O5/c1-26-16-4-3-15(18(9-16)27-2)12-23-7-6-21-20(25)17(23)10-19(24)22-11-14-5-8-28-13-14/h3-5,8-9,13,17H,6-7,10-12H2,1-2H3,(H,21,25)(H,22,24)/t17-/m0/s1. The maximum Gasteiger partial charge on any atom is 0.237 e. The number of benzene rings is 1. The van der Waals surface area contributed by atoms with E-state index in [1.807, 2.05) is 23.1 Å². The first kappa shape index (κ1) is 19.8. The molecule has 1 saturated heterocycles. The van der Waals surface area contributed by atoms with E-state index in [4.69, 9.17) is 13.9 Å². The third kappa shape index (κ3) is 4.83. The summed E-state index contributed by atoms with van der Waals surface area (Å²) in [5.74, 6) is 1.06. The molecule has 28 heavy (non-hydrogen) atoms. The molecule has 1 atom stereocenters. The van der Waals surface area contributed by atoms with Crippen LogP contribution in [0.1, 0.15) is 17.5 Å². The van der Waals surface area contributed by atoms with Crippen LogP contribution in [-0.2, 0) is 22.7 Å². The van der Waals surface area contributed by atoms with Crippen molar-refractivity contribution in [2.45, 2.75) is 25.6 Å². The monoisotopic (exact) mass is 387 g/mol. The lowest BCUT2D eigenvalue weighted by Crippen LogP contribution is -2.56. The number of methoxy groups -OCH3 is 2. The summed E-state index contributed by atoms with van der Waals surface area (Å²) in [6.45, 7) is 2.07. The molecule has 0 unspecified atom stereocenters. The van der Waals surface area contributed by atoms with Crippen LogP contribution < -0.4 is 20.1 Å². The summed E-state index contributed by atoms with van der Waals surface area (Å²) < 4.78 is 15.7. The van der Waals surface area contributed by atoms with Gasteiger partial charge < -0.3 is 24.5 Å². The molecule has 1 fully saturated rings. The third-order valence-corrected chi connectivity index (χ3v) is 4.76. The van der Waals surface area contributed by atoms with Crippen molar-refractivity contribution in [3.05, 3.63) is 47.9 Å². The van der Waals surface area contributed by atoms with Gasteiger partial charge in [-0.1, -0.05) is 6.07 Å². The van der Waals surface area contributed by atoms with Crippen molar-refractivity contribution in [2.24, 2.45) is 0 Å². The van der Waals surface area contributed by atoms with Crippen LogP contribution >= 0.6 is 0 Å². The normalized spacial score (nSPS) is 17.1. The van der Waals surface area contributed by atoms with Gasteiger partial charge in [0.1, 0.15) is 11.5 Å². The Balaban J connectivity index is 1.66. The fraction of sp³-hybridized carbons (Fsp3) is 0.400. The van der Waals surface area contributed by atoms with Gasteiger partial charge in [-0.2, -0.15) is 0 Å². The molecule has 8 heteroatoms. The summed E-state index contributed by atoms with van der Waals surface area (Å²) in [5.41, 5.74) is 1.81. The van der Waals surface area contributed by atoms with Crippen LogP contribution in [0.4, 0.5) is 0 Å². The SMILES string of the molecule is COc1ccc(CN2CCNC(=O)[C@@H]2CC(=O)NCc2ccoc2)c(OC)c1. The number of ether oxygens (including phenoxy) is 2. The molecule has 150 valence electrons. The van der Waals surface area contributed by atoms with Crippen molar-refractivity contribution < 1.29 is 23.5 Å². The number of carbonyl (C=O) groups excluding carboxylic acids is 2. The Morgan fingerprint density at radius 2 is 2.18 bits per heavy atom. The molecular weight excluding hydrogens is 362 g/mol. The van der Waals surface area contributed by atoms with E-state index in [1.54, 1.807) is 32.8 Å². The van der Waals surface area contributed by atoms with E-state index in [9.17, 15) is 9.59 Å². The van der Waals surface area contributed by atoms with E-state index in [0.29, 0.717) is 37.7 Å². The summed E-state index contributed by atoms with van der Waals surface area (Å²) >= 11 is 0. The molecule has 2 heterocycles. The molecule has 1 aromatic carbocycles. The topological polar surface area (TPSA) is 93.0 Å². The minimum absolute atomic E-state index is 0.0855. The number of hydrogen-bond acceptors (Lipinski definition) is 6. The van der Waals surface area contributed by atoms with E-state index in [0.717, 1.165) is 11.1 Å². The van der Waals surface area contributed by atoms with Crippen LogP contribution in [0.15, 0.2) is 41.2 Å². The largest absolute Gasteiger partial charge is 0.497 e. The molecule has 0 aliphatic carbocycles. The lowest BCUT2D eigenvalue weighted by Gasteiger charge is -2.35. The van der Waals surface area contributed by atoms with Gasteiger partial charge in [-0.05, 0) is 12.1 Å². The summed E-state index contributed by atoms with van der Waals surface area (Å²) in [4.78, 5) is 26.8. The number of nitrogens with zero attached hydrogens (tertiary/aromatic N) is 1. The maximum absolute atomic E-state index is 12.4. The minimum Gasteiger partial charge on any atom is -0.497 e. The van der Waals surface area contributed by atoms with E-state index in [-0.39, 0.29) is 18.2 Å². The van der Waals surface area contributed by atoms with E-state index < -0.39 is 6.04 Å². The molecule has 2 N–H and O–H groups in total. The molecule has 0 spiro atoms. The zero-order valence-electron chi connectivity index (χ0n) is 16.1. The second kappa shape index (κ2) is 9.27. The highest BCUT2D eigenvalue weighted by molar-refractivity contribution is 5.88. The van der Waals surface area contributed by atoms with Crippen LogP contribution in [0.25, 0.3) is 0 Å². The fourth-order valence-electron chi connectivity index (χ4n) is 3.22. The van der Waals surface area contributed by atoms with Crippen molar-refractivity contribution in [3.63, 3.8) is 0 Å². The van der Waals surface area contributed by atoms with Gasteiger partial charge in [-0.3, -0.25) is 14.5 Å². The molecule has 8 nitrogen and oxygen atoms in total. The number of carbonyl (C=O) groups is 2. The van der Waals surface area contributed by atoms with Gasteiger partial charge >= 0.3 is 0 Å². The number of rotatable bonds is 8. The Hall–Kier alpha value is -3.00. The Kier molecular flexibility index (Phi) is 6.54. The zero-order chi connectivity index (χ0) is 19.9. The Morgan fingerprint density at radius 3 is 2.89 bits per heavy atom. The van der Waals surface area contributed by atoms with Crippen molar-refractivity contribution in [1.29, 1.82) is 0 Å². The molecule has 2 aromatic rings. The van der Waals surface area contributed by atoms with Gasteiger partial charge in [0.15, 0.2) is 0 Å². The molecular formula is C20H25N3O5. The summed E-state index contributed by atoms with van der Waals surface area (Å²) in [5, 5.41) is 5.67. The Morgan fingerprint density at radius 1 is 1.32 bits per heavy atom. The first-order valence-electron chi connectivity index (χ1n) is 9.11. The molecule has 1 aromatic heterocycles. The average Bonchev–Trinajstić information content (AvgIpc) is 3.23. The lowest BCUT2D eigenvalue weighted by atomic mass is 10.1. The van der Waals surface area contributed by atoms with Gasteiger partial charge in [0.25, 0.3) is 0 Å². The average molecular weight is 387 g/mol. The van der Waals surface area contributed by atoms with Crippen LogP contribution in [-0.4, -0.2) is 50.1 Å². The second-order valence-corrected chi connectivity index (χ2v) is 6.57. The highest BCUT2D eigenvalue weighted by atomic mass is 16.5. The first-order chi connectivity index (χ1) is 13.6. The molecule has 0 radical (unpaired) electrons. The second-order valence-electron chi connectivity index (χ2n) is 6.57.